The van der Waals surface area contributed by atoms with Crippen LogP contribution in [0.5, 0.6) is 0 Å². The first-order valence-corrected chi connectivity index (χ1v) is 7.56. The molecule has 112 valence electrons. The molecule has 0 aromatic rings. The molecule has 0 aromatic heterocycles. The molecule has 0 spiro atoms. The van der Waals surface area contributed by atoms with Crippen LogP contribution >= 0.6 is 0 Å². The second-order valence-corrected chi connectivity index (χ2v) is 4.77. The number of esters is 1. The van der Waals surface area contributed by atoms with Gasteiger partial charge in [-0.2, -0.15) is 0 Å². The summed E-state index contributed by atoms with van der Waals surface area (Å²) in [5.41, 5.74) is 0. The normalized spacial score (nSPS) is 10.7. The van der Waals surface area contributed by atoms with Gasteiger partial charge in [-0.25, -0.2) is 0 Å². The maximum Gasteiger partial charge on any atom is 0.305 e. The quantitative estimate of drug-likeness (QED) is 0.293. The SMILES string of the molecule is CCCCCOC(=O)CCCN(CC)CCCC=O. The first-order valence-electron chi connectivity index (χ1n) is 7.56. The van der Waals surface area contributed by atoms with Gasteiger partial charge in [-0.05, 0) is 38.9 Å². The van der Waals surface area contributed by atoms with Crippen molar-refractivity contribution >= 4 is 12.3 Å². The maximum absolute atomic E-state index is 11.4. The van der Waals surface area contributed by atoms with Crippen molar-refractivity contribution in [2.24, 2.45) is 0 Å². The Kier molecular flexibility index (Phi) is 12.9. The van der Waals surface area contributed by atoms with Crippen molar-refractivity contribution in [3.05, 3.63) is 0 Å². The summed E-state index contributed by atoms with van der Waals surface area (Å²) in [5, 5.41) is 0. The highest BCUT2D eigenvalue weighted by Crippen LogP contribution is 2.01. The van der Waals surface area contributed by atoms with Crippen LogP contribution in [0.15, 0.2) is 0 Å². The Morgan fingerprint density at radius 3 is 2.47 bits per heavy atom. The molecule has 0 unspecified atom stereocenters. The molecule has 4 heteroatoms. The van der Waals surface area contributed by atoms with Gasteiger partial charge in [-0.3, -0.25) is 4.79 Å². The van der Waals surface area contributed by atoms with Crippen molar-refractivity contribution < 1.29 is 14.3 Å². The van der Waals surface area contributed by atoms with Gasteiger partial charge < -0.3 is 14.4 Å². The first-order chi connectivity index (χ1) is 9.24. The smallest absolute Gasteiger partial charge is 0.305 e. The average molecular weight is 271 g/mol. The molecule has 0 bridgehead atoms. The molecule has 0 fully saturated rings. The van der Waals surface area contributed by atoms with Gasteiger partial charge in [0.05, 0.1) is 6.61 Å². The second-order valence-electron chi connectivity index (χ2n) is 4.77. The van der Waals surface area contributed by atoms with Gasteiger partial charge in [-0.1, -0.05) is 26.7 Å². The maximum atomic E-state index is 11.4. The minimum absolute atomic E-state index is 0.0833. The Hall–Kier alpha value is -0.900. The van der Waals surface area contributed by atoms with Gasteiger partial charge in [0, 0.05) is 12.8 Å². The fraction of sp³-hybridized carbons (Fsp3) is 0.867. The van der Waals surface area contributed by atoms with Crippen LogP contribution in [0.25, 0.3) is 0 Å². The largest absolute Gasteiger partial charge is 0.466 e. The fourth-order valence-electron chi connectivity index (χ4n) is 1.88. The van der Waals surface area contributed by atoms with Crippen molar-refractivity contribution in [2.75, 3.05) is 26.2 Å². The van der Waals surface area contributed by atoms with Crippen molar-refractivity contribution in [1.29, 1.82) is 0 Å². The number of hydrogen-bond donors (Lipinski definition) is 0. The summed E-state index contributed by atoms with van der Waals surface area (Å²) in [6, 6.07) is 0. The standard InChI is InChI=1S/C15H29NO3/c1-3-5-8-14-19-15(18)10-9-12-16(4-2)11-6-7-13-17/h13H,3-12,14H2,1-2H3. The molecule has 0 N–H and O–H groups in total. The van der Waals surface area contributed by atoms with Gasteiger partial charge in [0.25, 0.3) is 0 Å². The number of carbonyl (C=O) groups is 2. The third kappa shape index (κ3) is 11.9. The molecule has 0 saturated heterocycles. The fourth-order valence-corrected chi connectivity index (χ4v) is 1.88. The van der Waals surface area contributed by atoms with Gasteiger partial charge in [-0.15, -0.1) is 0 Å². The molecule has 0 heterocycles. The van der Waals surface area contributed by atoms with Gasteiger partial charge in [0.2, 0.25) is 0 Å². The number of unbranched alkanes of at least 4 members (excludes halogenated alkanes) is 3. The zero-order chi connectivity index (χ0) is 14.3. The number of nitrogens with zero attached hydrogens (tertiary/aromatic N) is 1. The van der Waals surface area contributed by atoms with Crippen LogP contribution in [-0.2, 0) is 14.3 Å². The molecule has 0 aliphatic heterocycles. The van der Waals surface area contributed by atoms with E-state index in [1.807, 2.05) is 0 Å². The van der Waals surface area contributed by atoms with Crippen LogP contribution in [0.3, 0.4) is 0 Å². The van der Waals surface area contributed by atoms with Crippen LogP contribution in [0.4, 0.5) is 0 Å². The first kappa shape index (κ1) is 18.1. The number of hydrogen-bond acceptors (Lipinski definition) is 4. The van der Waals surface area contributed by atoms with Gasteiger partial charge in [0.15, 0.2) is 0 Å². The van der Waals surface area contributed by atoms with Crippen molar-refractivity contribution in [1.82, 2.24) is 4.90 Å². The Morgan fingerprint density at radius 2 is 1.84 bits per heavy atom. The van der Waals surface area contributed by atoms with Crippen molar-refractivity contribution in [2.45, 2.75) is 58.8 Å². The minimum Gasteiger partial charge on any atom is -0.466 e. The number of aldehydes is 1. The molecular formula is C15H29NO3. The Balaban J connectivity index is 3.51. The lowest BCUT2D eigenvalue weighted by atomic mass is 10.2. The zero-order valence-electron chi connectivity index (χ0n) is 12.5. The lowest BCUT2D eigenvalue weighted by Crippen LogP contribution is -2.26. The monoisotopic (exact) mass is 271 g/mol. The van der Waals surface area contributed by atoms with Crippen LogP contribution in [0, 0.1) is 0 Å². The zero-order valence-corrected chi connectivity index (χ0v) is 12.5. The molecule has 0 aliphatic rings. The van der Waals surface area contributed by atoms with E-state index in [4.69, 9.17) is 4.74 Å². The number of rotatable bonds is 13. The predicted molar refractivity (Wildman–Crippen MR) is 77.1 cm³/mol. The molecule has 4 nitrogen and oxygen atoms in total. The van der Waals surface area contributed by atoms with Crippen molar-refractivity contribution in [3.63, 3.8) is 0 Å². The van der Waals surface area contributed by atoms with Crippen LogP contribution < -0.4 is 0 Å². The summed E-state index contributed by atoms with van der Waals surface area (Å²) in [6.07, 6.45) is 7.04. The van der Waals surface area contributed by atoms with Crippen LogP contribution in [0.2, 0.25) is 0 Å². The predicted octanol–water partition coefficient (Wildman–Crippen LogP) is 2.80. The Labute approximate surface area is 117 Å². The third-order valence-electron chi connectivity index (χ3n) is 3.11. The van der Waals surface area contributed by atoms with Crippen LogP contribution in [-0.4, -0.2) is 43.4 Å². The van der Waals surface area contributed by atoms with E-state index < -0.39 is 0 Å². The molecule has 0 saturated carbocycles. The Morgan fingerprint density at radius 1 is 1.11 bits per heavy atom. The van der Waals surface area contributed by atoms with Gasteiger partial charge >= 0.3 is 5.97 Å². The number of ether oxygens (including phenoxy) is 1. The van der Waals surface area contributed by atoms with E-state index in [-0.39, 0.29) is 5.97 Å². The lowest BCUT2D eigenvalue weighted by Gasteiger charge is -2.19. The summed E-state index contributed by atoms with van der Waals surface area (Å²) in [5.74, 6) is -0.0833. The summed E-state index contributed by atoms with van der Waals surface area (Å²) in [4.78, 5) is 24.0. The highest BCUT2D eigenvalue weighted by molar-refractivity contribution is 5.69. The van der Waals surface area contributed by atoms with E-state index in [2.05, 4.69) is 18.7 Å². The molecule has 0 atom stereocenters. The van der Waals surface area contributed by atoms with E-state index >= 15 is 0 Å². The molecule has 0 amide bonds. The second kappa shape index (κ2) is 13.5. The molecule has 19 heavy (non-hydrogen) atoms. The molecule has 0 radical (unpaired) electrons. The Bertz CT molecular complexity index is 231. The van der Waals surface area contributed by atoms with E-state index in [0.717, 1.165) is 58.0 Å². The molecule has 0 aliphatic carbocycles. The topological polar surface area (TPSA) is 46.6 Å². The molecule has 0 aromatic carbocycles. The van der Waals surface area contributed by atoms with E-state index in [9.17, 15) is 9.59 Å². The summed E-state index contributed by atoms with van der Waals surface area (Å²) >= 11 is 0. The van der Waals surface area contributed by atoms with Crippen molar-refractivity contribution in [3.8, 4) is 0 Å². The van der Waals surface area contributed by atoms with Gasteiger partial charge in [0.1, 0.15) is 6.29 Å². The number of carbonyl (C=O) groups excluding carboxylic acids is 2. The van der Waals surface area contributed by atoms with E-state index in [0.29, 0.717) is 19.4 Å². The average Bonchev–Trinajstić information content (AvgIpc) is 2.42. The van der Waals surface area contributed by atoms with Crippen LogP contribution in [0.1, 0.15) is 58.8 Å². The minimum atomic E-state index is -0.0833. The van der Waals surface area contributed by atoms with E-state index in [1.165, 1.54) is 0 Å². The van der Waals surface area contributed by atoms with E-state index in [1.54, 1.807) is 0 Å². The highest BCUT2D eigenvalue weighted by Gasteiger charge is 2.06. The lowest BCUT2D eigenvalue weighted by molar-refractivity contribution is -0.143. The summed E-state index contributed by atoms with van der Waals surface area (Å²) in [6.45, 7) is 7.59. The summed E-state index contributed by atoms with van der Waals surface area (Å²) in [7, 11) is 0. The third-order valence-corrected chi connectivity index (χ3v) is 3.11. The molecule has 0 rings (SSSR count). The molecular weight excluding hydrogens is 242 g/mol. The highest BCUT2D eigenvalue weighted by atomic mass is 16.5. The summed E-state index contributed by atoms with van der Waals surface area (Å²) < 4.78 is 5.15.